The van der Waals surface area contributed by atoms with Crippen LogP contribution >= 0.6 is 0 Å². The summed E-state index contributed by atoms with van der Waals surface area (Å²) < 4.78 is 28.4. The smallest absolute Gasteiger partial charge is 0.253 e. The number of nitrogens with zero attached hydrogens (tertiary/aromatic N) is 4. The van der Waals surface area contributed by atoms with Gasteiger partial charge in [0.15, 0.2) is 17.5 Å². The second-order valence-corrected chi connectivity index (χ2v) is 9.17. The first-order valence-corrected chi connectivity index (χ1v) is 12.5. The van der Waals surface area contributed by atoms with Crippen LogP contribution in [0.1, 0.15) is 20.3 Å². The van der Waals surface area contributed by atoms with Gasteiger partial charge < -0.3 is 29.0 Å². The van der Waals surface area contributed by atoms with Crippen LogP contribution in [0.15, 0.2) is 47.8 Å². The molecule has 3 atom stereocenters. The first-order valence-electron chi connectivity index (χ1n) is 12.5. The van der Waals surface area contributed by atoms with Crippen LogP contribution in [0.5, 0.6) is 23.0 Å². The zero-order valence-electron chi connectivity index (χ0n) is 21.8. The Hall–Kier alpha value is -3.96. The lowest BCUT2D eigenvalue weighted by molar-refractivity contribution is -0.129. The van der Waals surface area contributed by atoms with E-state index in [2.05, 4.69) is 20.4 Å². The van der Waals surface area contributed by atoms with Crippen molar-refractivity contribution in [3.05, 3.63) is 42.7 Å². The highest BCUT2D eigenvalue weighted by Crippen LogP contribution is 2.37. The van der Waals surface area contributed by atoms with E-state index in [-0.39, 0.29) is 11.9 Å². The predicted octanol–water partition coefficient (Wildman–Crippen LogP) is 3.63. The third-order valence-electron chi connectivity index (χ3n) is 6.66. The fraction of sp³-hybridized carbons (Fsp3) is 0.407. The van der Waals surface area contributed by atoms with E-state index in [1.165, 1.54) is 0 Å². The van der Waals surface area contributed by atoms with Crippen LogP contribution in [0.3, 0.4) is 0 Å². The Morgan fingerprint density at radius 3 is 2.66 bits per heavy atom. The quantitative estimate of drug-likeness (QED) is 0.450. The van der Waals surface area contributed by atoms with Crippen molar-refractivity contribution in [1.82, 2.24) is 15.0 Å². The van der Waals surface area contributed by atoms with Gasteiger partial charge in [0, 0.05) is 30.9 Å². The van der Waals surface area contributed by atoms with Crippen LogP contribution in [0, 0.1) is 0 Å². The molecule has 11 heteroatoms. The summed E-state index contributed by atoms with van der Waals surface area (Å²) in [6.07, 6.45) is 5.72. The average molecular weight is 522 g/mol. The van der Waals surface area contributed by atoms with Crippen LogP contribution in [-0.4, -0.2) is 78.8 Å². The van der Waals surface area contributed by atoms with E-state index in [1.807, 2.05) is 19.9 Å². The minimum Gasteiger partial charge on any atom is -0.493 e. The van der Waals surface area contributed by atoms with Gasteiger partial charge in [-0.05, 0) is 44.5 Å². The normalized spacial score (nSPS) is 22.6. The van der Waals surface area contributed by atoms with E-state index in [1.54, 1.807) is 62.1 Å². The van der Waals surface area contributed by atoms with Crippen molar-refractivity contribution in [1.29, 1.82) is 0 Å². The van der Waals surface area contributed by atoms with Gasteiger partial charge >= 0.3 is 0 Å². The zero-order chi connectivity index (χ0) is 26.7. The molecule has 0 aliphatic carbocycles. The van der Waals surface area contributed by atoms with Gasteiger partial charge in [-0.15, -0.1) is 0 Å². The monoisotopic (exact) mass is 521 g/mol. The van der Waals surface area contributed by atoms with Crippen molar-refractivity contribution in [2.24, 2.45) is 5.10 Å². The maximum Gasteiger partial charge on any atom is 0.253 e. The van der Waals surface area contributed by atoms with E-state index < -0.39 is 11.6 Å². The third kappa shape index (κ3) is 4.94. The summed E-state index contributed by atoms with van der Waals surface area (Å²) in [5.74, 6) is 2.37. The number of anilines is 1. The lowest BCUT2D eigenvalue weighted by Crippen LogP contribution is -2.56. The predicted molar refractivity (Wildman–Crippen MR) is 141 cm³/mol. The number of amides is 1. The Bertz CT molecular complexity index is 1330. The van der Waals surface area contributed by atoms with Gasteiger partial charge in [-0.2, -0.15) is 5.10 Å². The van der Waals surface area contributed by atoms with Crippen molar-refractivity contribution in [2.45, 2.75) is 38.0 Å². The number of carbonyl (C=O) groups excluding carboxylic acids is 1. The fourth-order valence-electron chi connectivity index (χ4n) is 4.80. The molecule has 3 unspecified atom stereocenters. The van der Waals surface area contributed by atoms with Crippen molar-refractivity contribution < 1.29 is 28.5 Å². The second kappa shape index (κ2) is 10.8. The standard InChI is InChI=1S/C27H31N5O6/c1-5-37-27(2)16-30-32(17-9-11-36-15-17)25(27)26(33)31-24-7-6-18(14-29-24)38-21-8-10-28-20-13-23(35-4)22(34-3)12-19(20)21/h6-8,10,12-14,16-17,25H,5,9,11,15H2,1-4H3,(H,29,31,33). The highest BCUT2D eigenvalue weighted by atomic mass is 16.5. The van der Waals surface area contributed by atoms with Gasteiger partial charge in [0.25, 0.3) is 5.91 Å². The molecule has 2 aromatic heterocycles. The molecule has 3 aromatic rings. The van der Waals surface area contributed by atoms with Crippen LogP contribution < -0.4 is 19.5 Å². The highest BCUT2D eigenvalue weighted by molar-refractivity contribution is 5.99. The summed E-state index contributed by atoms with van der Waals surface area (Å²) in [6.45, 7) is 5.39. The molecule has 0 radical (unpaired) electrons. The van der Waals surface area contributed by atoms with Gasteiger partial charge in [-0.3, -0.25) is 14.8 Å². The number of nitrogens with one attached hydrogen (secondary N) is 1. The Morgan fingerprint density at radius 2 is 1.97 bits per heavy atom. The molecule has 2 aliphatic heterocycles. The van der Waals surface area contributed by atoms with Gasteiger partial charge in [-0.1, -0.05) is 0 Å². The molecule has 0 saturated carbocycles. The number of rotatable bonds is 9. The lowest BCUT2D eigenvalue weighted by Gasteiger charge is -2.35. The maximum atomic E-state index is 13.5. The number of hydrazone groups is 1. The number of methoxy groups -OCH3 is 2. The minimum absolute atomic E-state index is 0.0155. The van der Waals surface area contributed by atoms with Crippen molar-refractivity contribution in [3.8, 4) is 23.0 Å². The number of benzene rings is 1. The Kier molecular flexibility index (Phi) is 7.30. The van der Waals surface area contributed by atoms with Gasteiger partial charge in [-0.25, -0.2) is 4.98 Å². The molecule has 4 heterocycles. The first kappa shape index (κ1) is 25.7. The number of hydrogen-bond donors (Lipinski definition) is 1. The summed E-state index contributed by atoms with van der Waals surface area (Å²) in [6, 6.07) is 8.17. The molecule has 38 heavy (non-hydrogen) atoms. The van der Waals surface area contributed by atoms with E-state index in [0.29, 0.717) is 54.2 Å². The van der Waals surface area contributed by atoms with E-state index in [0.717, 1.165) is 11.8 Å². The van der Waals surface area contributed by atoms with Crippen LogP contribution in [0.25, 0.3) is 10.9 Å². The molecule has 1 aromatic carbocycles. The number of fused-ring (bicyclic) bond motifs is 1. The topological polar surface area (TPSA) is 117 Å². The summed E-state index contributed by atoms with van der Waals surface area (Å²) in [4.78, 5) is 22.3. The fourth-order valence-corrected chi connectivity index (χ4v) is 4.80. The highest BCUT2D eigenvalue weighted by Gasteiger charge is 2.49. The second-order valence-electron chi connectivity index (χ2n) is 9.17. The molecular formula is C27H31N5O6. The molecule has 1 fully saturated rings. The lowest BCUT2D eigenvalue weighted by atomic mass is 9.96. The van der Waals surface area contributed by atoms with Crippen LogP contribution in [0.4, 0.5) is 5.82 Å². The molecule has 2 aliphatic rings. The summed E-state index contributed by atoms with van der Waals surface area (Å²) in [7, 11) is 3.15. The van der Waals surface area contributed by atoms with E-state index in [9.17, 15) is 4.79 Å². The van der Waals surface area contributed by atoms with Gasteiger partial charge in [0.05, 0.1) is 44.8 Å². The Balaban J connectivity index is 1.32. The molecule has 11 nitrogen and oxygen atoms in total. The molecule has 0 bridgehead atoms. The summed E-state index contributed by atoms with van der Waals surface area (Å²) in [5, 5.41) is 9.99. The average Bonchev–Trinajstić information content (AvgIpc) is 3.57. The molecule has 1 N–H and O–H groups in total. The van der Waals surface area contributed by atoms with Gasteiger partial charge in [0.2, 0.25) is 0 Å². The number of ether oxygens (including phenoxy) is 5. The zero-order valence-corrected chi connectivity index (χ0v) is 21.8. The van der Waals surface area contributed by atoms with E-state index >= 15 is 0 Å². The molecule has 0 spiro atoms. The largest absolute Gasteiger partial charge is 0.493 e. The first-order chi connectivity index (χ1) is 18.5. The molecule has 200 valence electrons. The number of carbonyl (C=O) groups is 1. The van der Waals surface area contributed by atoms with Crippen molar-refractivity contribution in [2.75, 3.05) is 39.4 Å². The van der Waals surface area contributed by atoms with Crippen LogP contribution in [-0.2, 0) is 14.3 Å². The van der Waals surface area contributed by atoms with Crippen molar-refractivity contribution in [3.63, 3.8) is 0 Å². The third-order valence-corrected chi connectivity index (χ3v) is 6.66. The summed E-state index contributed by atoms with van der Waals surface area (Å²) in [5.41, 5.74) is -0.165. The number of pyridine rings is 2. The Labute approximate surface area is 220 Å². The summed E-state index contributed by atoms with van der Waals surface area (Å²) >= 11 is 0. The van der Waals surface area contributed by atoms with Crippen molar-refractivity contribution >= 4 is 28.8 Å². The molecule has 1 saturated heterocycles. The molecule has 1 amide bonds. The SMILES string of the molecule is CCOC1(C)C=NN(C2CCOC2)C1C(=O)Nc1ccc(Oc2ccnc3cc(OC)c(OC)cc23)cn1. The maximum absolute atomic E-state index is 13.5. The van der Waals surface area contributed by atoms with Crippen LogP contribution in [0.2, 0.25) is 0 Å². The molecular weight excluding hydrogens is 490 g/mol. The van der Waals surface area contributed by atoms with Gasteiger partial charge in [0.1, 0.15) is 22.9 Å². The number of hydrogen-bond acceptors (Lipinski definition) is 10. The minimum atomic E-state index is -0.864. The van der Waals surface area contributed by atoms with E-state index in [4.69, 9.17) is 23.7 Å². The Morgan fingerprint density at radius 1 is 1.16 bits per heavy atom. The number of aromatic nitrogens is 2. The molecule has 5 rings (SSSR count).